The summed E-state index contributed by atoms with van der Waals surface area (Å²) in [6, 6.07) is 10.7. The average Bonchev–Trinajstić information content (AvgIpc) is 3.57. The number of furan rings is 1. The quantitative estimate of drug-likeness (QED) is 0.522. The normalized spacial score (nSPS) is 12.7. The molecule has 1 aliphatic heterocycles. The Hall–Kier alpha value is -3.88. The van der Waals surface area contributed by atoms with E-state index in [9.17, 15) is 9.59 Å². The fourth-order valence-electron chi connectivity index (χ4n) is 3.33. The Bertz CT molecular complexity index is 1010. The molecule has 1 aromatic carbocycles. The minimum Gasteiger partial charge on any atom is -0.483 e. The number of benzene rings is 1. The van der Waals surface area contributed by atoms with Gasteiger partial charge in [-0.05, 0) is 37.1 Å². The van der Waals surface area contributed by atoms with Gasteiger partial charge in [0.2, 0.25) is 0 Å². The van der Waals surface area contributed by atoms with E-state index in [-0.39, 0.29) is 18.3 Å². The van der Waals surface area contributed by atoms with Crippen molar-refractivity contribution in [3.05, 3.63) is 65.9 Å². The van der Waals surface area contributed by atoms with Crippen LogP contribution in [0.4, 0.5) is 0 Å². The average molecular weight is 424 g/mol. The number of carboxylic acid groups (broad SMARTS) is 1. The third kappa shape index (κ3) is 5.81. The molecule has 0 unspecified atom stereocenters. The van der Waals surface area contributed by atoms with E-state index in [1.165, 1.54) is 0 Å². The zero-order chi connectivity index (χ0) is 22.1. The van der Waals surface area contributed by atoms with Gasteiger partial charge in [0, 0.05) is 49.1 Å². The summed E-state index contributed by atoms with van der Waals surface area (Å²) in [5.41, 5.74) is 2.28. The minimum atomic E-state index is -0.250. The highest BCUT2D eigenvalue weighted by molar-refractivity contribution is 5.95. The number of amides is 2. The minimum absolute atomic E-state index is 0.0727. The van der Waals surface area contributed by atoms with Crippen molar-refractivity contribution in [2.75, 3.05) is 19.6 Å². The maximum atomic E-state index is 12.4. The molecule has 2 amide bonds. The first-order valence-corrected chi connectivity index (χ1v) is 9.95. The molecule has 9 nitrogen and oxygen atoms in total. The van der Waals surface area contributed by atoms with Gasteiger partial charge >= 0.3 is 0 Å². The first kappa shape index (κ1) is 21.8. The number of nitrogens with one attached hydrogen (secondary N) is 2. The van der Waals surface area contributed by atoms with Crippen LogP contribution in [0.15, 0.2) is 53.3 Å². The van der Waals surface area contributed by atoms with Crippen molar-refractivity contribution >= 4 is 18.3 Å². The number of rotatable bonds is 6. The van der Waals surface area contributed by atoms with Gasteiger partial charge in [0.05, 0.1) is 6.33 Å². The second-order valence-corrected chi connectivity index (χ2v) is 6.93. The summed E-state index contributed by atoms with van der Waals surface area (Å²) in [5.74, 6) is 0.693. The van der Waals surface area contributed by atoms with E-state index in [0.717, 1.165) is 37.2 Å². The lowest BCUT2D eigenvalue weighted by atomic mass is 10.1. The van der Waals surface area contributed by atoms with Crippen LogP contribution in [0.5, 0.6) is 0 Å². The summed E-state index contributed by atoms with van der Waals surface area (Å²) in [6.45, 7) is 1.83. The molecule has 9 heteroatoms. The van der Waals surface area contributed by atoms with Crippen molar-refractivity contribution < 1.29 is 23.9 Å². The molecule has 31 heavy (non-hydrogen) atoms. The van der Waals surface area contributed by atoms with E-state index in [2.05, 4.69) is 15.3 Å². The Balaban J connectivity index is 0.000000858. The van der Waals surface area contributed by atoms with Crippen molar-refractivity contribution in [3.8, 4) is 11.3 Å². The Morgan fingerprint density at radius 3 is 2.71 bits per heavy atom. The van der Waals surface area contributed by atoms with Crippen LogP contribution in [0.25, 0.3) is 11.3 Å². The van der Waals surface area contributed by atoms with Gasteiger partial charge in [-0.25, -0.2) is 4.98 Å². The lowest BCUT2D eigenvalue weighted by Crippen LogP contribution is -2.27. The molecule has 3 aromatic rings. The summed E-state index contributed by atoms with van der Waals surface area (Å²) in [4.78, 5) is 42.0. The molecule has 3 N–H and O–H groups in total. The molecule has 3 heterocycles. The summed E-state index contributed by atoms with van der Waals surface area (Å²) in [5, 5.41) is 9.79. The van der Waals surface area contributed by atoms with Crippen molar-refractivity contribution in [1.82, 2.24) is 20.2 Å². The van der Waals surface area contributed by atoms with Crippen LogP contribution in [0.2, 0.25) is 0 Å². The van der Waals surface area contributed by atoms with Gasteiger partial charge in [-0.1, -0.05) is 12.1 Å². The van der Waals surface area contributed by atoms with Crippen LogP contribution in [0.3, 0.4) is 0 Å². The zero-order valence-corrected chi connectivity index (χ0v) is 16.9. The van der Waals surface area contributed by atoms with E-state index < -0.39 is 0 Å². The number of H-pyrrole nitrogens is 1. The second kappa shape index (κ2) is 10.8. The van der Waals surface area contributed by atoms with Crippen LogP contribution < -0.4 is 5.32 Å². The van der Waals surface area contributed by atoms with Gasteiger partial charge in [-0.3, -0.25) is 14.4 Å². The maximum Gasteiger partial charge on any atom is 0.290 e. The van der Waals surface area contributed by atoms with Crippen molar-refractivity contribution in [2.45, 2.75) is 19.3 Å². The molecule has 0 bridgehead atoms. The van der Waals surface area contributed by atoms with E-state index in [4.69, 9.17) is 14.3 Å². The van der Waals surface area contributed by atoms with Crippen molar-refractivity contribution in [3.63, 3.8) is 0 Å². The number of aromatic amines is 1. The number of aromatic nitrogens is 2. The largest absolute Gasteiger partial charge is 0.483 e. The van der Waals surface area contributed by atoms with E-state index >= 15 is 0 Å². The highest BCUT2D eigenvalue weighted by atomic mass is 16.4. The fraction of sp³-hybridized carbons (Fsp3) is 0.273. The molecule has 0 saturated carbocycles. The van der Waals surface area contributed by atoms with Gasteiger partial charge in [0.15, 0.2) is 5.76 Å². The van der Waals surface area contributed by atoms with Gasteiger partial charge in [-0.15, -0.1) is 0 Å². The lowest BCUT2D eigenvalue weighted by Gasteiger charge is -2.12. The molecule has 4 rings (SSSR count). The van der Waals surface area contributed by atoms with Crippen LogP contribution in [0, 0.1) is 0 Å². The number of hydrogen-bond acceptors (Lipinski definition) is 5. The van der Waals surface area contributed by atoms with Gasteiger partial charge in [0.1, 0.15) is 5.76 Å². The summed E-state index contributed by atoms with van der Waals surface area (Å²) < 4.78 is 5.77. The third-order valence-electron chi connectivity index (χ3n) is 4.85. The lowest BCUT2D eigenvalue weighted by molar-refractivity contribution is -0.122. The molecule has 2 aromatic heterocycles. The summed E-state index contributed by atoms with van der Waals surface area (Å²) >= 11 is 0. The predicted octanol–water partition coefficient (Wildman–Crippen LogP) is 2.58. The van der Waals surface area contributed by atoms with Crippen molar-refractivity contribution in [1.29, 1.82) is 0 Å². The van der Waals surface area contributed by atoms with Gasteiger partial charge in [-0.2, -0.15) is 0 Å². The Labute approximate surface area is 179 Å². The smallest absolute Gasteiger partial charge is 0.290 e. The Morgan fingerprint density at radius 2 is 2.00 bits per heavy atom. The first-order chi connectivity index (χ1) is 15.1. The Kier molecular flexibility index (Phi) is 7.58. The zero-order valence-electron chi connectivity index (χ0n) is 16.9. The topological polar surface area (TPSA) is 129 Å². The van der Waals surface area contributed by atoms with Gasteiger partial charge < -0.3 is 24.7 Å². The molecular formula is C22H24N4O5. The van der Waals surface area contributed by atoms with Crippen LogP contribution in [0.1, 0.15) is 39.4 Å². The van der Waals surface area contributed by atoms with E-state index in [1.54, 1.807) is 36.8 Å². The van der Waals surface area contributed by atoms with E-state index in [0.29, 0.717) is 30.0 Å². The first-order valence-electron chi connectivity index (χ1n) is 9.95. The van der Waals surface area contributed by atoms with Crippen molar-refractivity contribution in [2.24, 2.45) is 0 Å². The number of likely N-dealkylation sites (tertiary alicyclic amines) is 1. The highest BCUT2D eigenvalue weighted by Crippen LogP contribution is 2.24. The maximum absolute atomic E-state index is 12.4. The number of nitrogens with zero attached hydrogens (tertiary/aromatic N) is 2. The molecule has 1 saturated heterocycles. The summed E-state index contributed by atoms with van der Waals surface area (Å²) in [6.07, 6.45) is 6.12. The van der Waals surface area contributed by atoms with Crippen LogP contribution >= 0.6 is 0 Å². The third-order valence-corrected chi connectivity index (χ3v) is 4.85. The van der Waals surface area contributed by atoms with Crippen LogP contribution in [-0.2, 0) is 11.2 Å². The van der Waals surface area contributed by atoms with Gasteiger partial charge in [0.25, 0.3) is 18.3 Å². The standard InChI is InChI=1S/C21H22N4O3.CH2O2/c26-20(23-9-8-17-13-22-14-24-17)16-5-3-4-15(12-16)18-6-7-19(28-18)21(27)25-10-1-2-11-25;2-1-3/h3-7,12-14H,1-2,8-11H2,(H,22,24)(H,23,26);1H,(H,2,3). The number of carbonyl (C=O) groups is 3. The Morgan fingerprint density at radius 1 is 1.23 bits per heavy atom. The highest BCUT2D eigenvalue weighted by Gasteiger charge is 2.22. The summed E-state index contributed by atoms with van der Waals surface area (Å²) in [7, 11) is 0. The molecule has 1 aliphatic rings. The van der Waals surface area contributed by atoms with Crippen LogP contribution in [-0.4, -0.2) is 57.9 Å². The number of hydrogen-bond donors (Lipinski definition) is 3. The fourth-order valence-corrected chi connectivity index (χ4v) is 3.33. The monoisotopic (exact) mass is 424 g/mol. The molecule has 1 fully saturated rings. The second-order valence-electron chi connectivity index (χ2n) is 6.93. The molecule has 0 atom stereocenters. The number of imidazole rings is 1. The SMILES string of the molecule is O=C(NCCc1cnc[nH]1)c1cccc(-c2ccc(C(=O)N3CCCC3)o2)c1.O=CO. The molecule has 162 valence electrons. The molecule has 0 spiro atoms. The van der Waals surface area contributed by atoms with E-state index in [1.807, 2.05) is 17.0 Å². The molecular weight excluding hydrogens is 400 g/mol. The predicted molar refractivity (Wildman–Crippen MR) is 113 cm³/mol. The molecule has 0 radical (unpaired) electrons. The molecule has 0 aliphatic carbocycles. The number of carbonyl (C=O) groups excluding carboxylic acids is 2.